The molecule has 0 aliphatic rings. The van der Waals surface area contributed by atoms with Crippen molar-refractivity contribution in [3.8, 4) is 0 Å². The molecule has 7 heteroatoms. The third-order valence-electron chi connectivity index (χ3n) is 4.29. The summed E-state index contributed by atoms with van der Waals surface area (Å²) in [5.41, 5.74) is 9.53. The number of fused-ring (bicyclic) bond motifs is 2. The summed E-state index contributed by atoms with van der Waals surface area (Å²) in [5.74, 6) is 0.888. The van der Waals surface area contributed by atoms with Gasteiger partial charge in [0.25, 0.3) is 0 Å². The largest absolute Gasteiger partial charge is 0.461 e. The Morgan fingerprint density at radius 1 is 1.04 bits per heavy atom. The number of hydrogen-bond donors (Lipinski definition) is 2. The summed E-state index contributed by atoms with van der Waals surface area (Å²) in [5, 5.41) is 5.43. The highest BCUT2D eigenvalue weighted by molar-refractivity contribution is 5.99. The van der Waals surface area contributed by atoms with Crippen molar-refractivity contribution < 1.29 is 8.83 Å². The van der Waals surface area contributed by atoms with E-state index >= 15 is 0 Å². The van der Waals surface area contributed by atoms with Crippen molar-refractivity contribution in [2.45, 2.75) is 33.7 Å². The van der Waals surface area contributed by atoms with Gasteiger partial charge in [0.15, 0.2) is 0 Å². The lowest BCUT2D eigenvalue weighted by Crippen LogP contribution is -2.17. The van der Waals surface area contributed by atoms with Gasteiger partial charge >= 0.3 is 5.63 Å². The lowest BCUT2D eigenvalue weighted by Gasteiger charge is -2.06. The highest BCUT2D eigenvalue weighted by atomic mass is 35.5. The maximum atomic E-state index is 11.7. The molecule has 0 aliphatic heterocycles. The van der Waals surface area contributed by atoms with Crippen molar-refractivity contribution in [3.05, 3.63) is 45.0 Å². The summed E-state index contributed by atoms with van der Waals surface area (Å²) in [6, 6.07) is 3.59. The molecule has 2 aromatic heterocycles. The van der Waals surface area contributed by atoms with Crippen molar-refractivity contribution in [3.63, 3.8) is 0 Å². The summed E-state index contributed by atoms with van der Waals surface area (Å²) in [6.07, 6.45) is 0.945. The van der Waals surface area contributed by atoms with Crippen molar-refractivity contribution in [1.82, 2.24) is 5.32 Å². The number of furan rings is 1. The van der Waals surface area contributed by atoms with Gasteiger partial charge in [-0.2, -0.15) is 0 Å². The van der Waals surface area contributed by atoms with E-state index in [0.29, 0.717) is 12.1 Å². The molecular weight excluding hydrogens is 363 g/mol. The summed E-state index contributed by atoms with van der Waals surface area (Å²) in [4.78, 5) is 11.7. The molecule has 0 saturated carbocycles. The van der Waals surface area contributed by atoms with Crippen LogP contribution < -0.4 is 16.7 Å². The van der Waals surface area contributed by atoms with E-state index in [0.717, 1.165) is 58.3 Å². The number of halogens is 2. The number of hydrogen-bond acceptors (Lipinski definition) is 5. The third-order valence-corrected chi connectivity index (χ3v) is 4.29. The van der Waals surface area contributed by atoms with E-state index in [4.69, 9.17) is 14.6 Å². The zero-order valence-electron chi connectivity index (χ0n) is 14.6. The molecule has 0 spiro atoms. The maximum absolute atomic E-state index is 11.7. The molecule has 1 aromatic carbocycles. The molecule has 0 bridgehead atoms. The monoisotopic (exact) mass is 386 g/mol. The van der Waals surface area contributed by atoms with Crippen LogP contribution in [0.1, 0.15) is 28.9 Å². The highest BCUT2D eigenvalue weighted by Crippen LogP contribution is 2.34. The van der Waals surface area contributed by atoms with Gasteiger partial charge in [-0.15, -0.1) is 24.8 Å². The minimum absolute atomic E-state index is 0. The van der Waals surface area contributed by atoms with Gasteiger partial charge in [0.1, 0.15) is 16.9 Å². The predicted molar refractivity (Wildman–Crippen MR) is 106 cm³/mol. The molecule has 0 saturated heterocycles. The molecule has 3 N–H and O–H groups in total. The van der Waals surface area contributed by atoms with E-state index in [1.807, 2.05) is 20.8 Å². The first-order valence-electron chi connectivity index (χ1n) is 7.89. The Kier molecular flexibility index (Phi) is 7.50. The highest BCUT2D eigenvalue weighted by Gasteiger charge is 2.17. The Morgan fingerprint density at radius 3 is 2.40 bits per heavy atom. The number of rotatable bonds is 5. The molecule has 25 heavy (non-hydrogen) atoms. The fourth-order valence-corrected chi connectivity index (χ4v) is 3.01. The second-order valence-electron chi connectivity index (χ2n) is 5.96. The fourth-order valence-electron chi connectivity index (χ4n) is 3.01. The standard InChI is InChI=1S/C18H22N2O3.2ClH/c1-10-7-16(21)23-17-11(2)18-14(8-13(10)17)15(12(3)22-18)9-20-6-4-5-19;;/h7-8,20H,4-6,9,19H2,1-3H3;2*1H. The SMILES string of the molecule is Cc1oc2c(C)c3oc(=O)cc(C)c3cc2c1CNCCCN.Cl.Cl. The molecule has 3 aromatic rings. The summed E-state index contributed by atoms with van der Waals surface area (Å²) >= 11 is 0. The Hall–Kier alpha value is -1.53. The zero-order valence-corrected chi connectivity index (χ0v) is 16.2. The van der Waals surface area contributed by atoms with E-state index in [2.05, 4.69) is 11.4 Å². The van der Waals surface area contributed by atoms with E-state index < -0.39 is 0 Å². The third kappa shape index (κ3) is 4.01. The van der Waals surface area contributed by atoms with Gasteiger partial charge in [0, 0.05) is 34.5 Å². The first kappa shape index (κ1) is 21.5. The van der Waals surface area contributed by atoms with Crippen LogP contribution in [0.4, 0.5) is 0 Å². The molecular formula is C18H24Cl2N2O3. The van der Waals surface area contributed by atoms with Crippen LogP contribution in [0.15, 0.2) is 25.8 Å². The van der Waals surface area contributed by atoms with Crippen molar-refractivity contribution in [2.24, 2.45) is 5.73 Å². The van der Waals surface area contributed by atoms with Crippen LogP contribution in [0.25, 0.3) is 21.9 Å². The molecule has 0 radical (unpaired) electrons. The topological polar surface area (TPSA) is 81.4 Å². The fraction of sp³-hybridized carbons (Fsp3) is 0.389. The smallest absolute Gasteiger partial charge is 0.336 e. The molecule has 0 unspecified atom stereocenters. The molecule has 0 amide bonds. The second-order valence-corrected chi connectivity index (χ2v) is 5.96. The molecule has 138 valence electrons. The first-order valence-corrected chi connectivity index (χ1v) is 7.89. The molecule has 3 rings (SSSR count). The van der Waals surface area contributed by atoms with Gasteiger partial charge in [-0.3, -0.25) is 0 Å². The van der Waals surface area contributed by atoms with Gasteiger partial charge in [0.05, 0.1) is 0 Å². The van der Waals surface area contributed by atoms with Crippen LogP contribution in [0.5, 0.6) is 0 Å². The van der Waals surface area contributed by atoms with Gasteiger partial charge in [-0.05, 0) is 51.9 Å². The van der Waals surface area contributed by atoms with Crippen LogP contribution in [-0.4, -0.2) is 13.1 Å². The number of aryl methyl sites for hydroxylation is 3. The van der Waals surface area contributed by atoms with Gasteiger partial charge < -0.3 is 19.9 Å². The minimum atomic E-state index is -0.329. The molecule has 0 fully saturated rings. The van der Waals surface area contributed by atoms with Crippen molar-refractivity contribution in [2.75, 3.05) is 13.1 Å². The Morgan fingerprint density at radius 2 is 1.72 bits per heavy atom. The van der Waals surface area contributed by atoms with E-state index in [1.54, 1.807) is 0 Å². The Balaban J connectivity index is 0.00000156. The molecule has 2 heterocycles. The number of nitrogens with one attached hydrogen (secondary N) is 1. The summed E-state index contributed by atoms with van der Waals surface area (Å²) in [7, 11) is 0. The van der Waals surface area contributed by atoms with Crippen LogP contribution in [-0.2, 0) is 6.54 Å². The summed E-state index contributed by atoms with van der Waals surface area (Å²) < 4.78 is 11.3. The molecule has 0 atom stereocenters. The van der Waals surface area contributed by atoms with Crippen LogP contribution in [0.3, 0.4) is 0 Å². The average Bonchev–Trinajstić information content (AvgIpc) is 2.82. The van der Waals surface area contributed by atoms with Gasteiger partial charge in [0.2, 0.25) is 0 Å². The van der Waals surface area contributed by atoms with Crippen molar-refractivity contribution in [1.29, 1.82) is 0 Å². The number of nitrogens with two attached hydrogens (primary N) is 1. The van der Waals surface area contributed by atoms with E-state index in [9.17, 15) is 4.79 Å². The Labute approximate surface area is 158 Å². The second kappa shape index (κ2) is 8.72. The zero-order chi connectivity index (χ0) is 16.6. The predicted octanol–water partition coefficient (Wildman–Crippen LogP) is 3.75. The van der Waals surface area contributed by atoms with E-state index in [1.165, 1.54) is 6.07 Å². The van der Waals surface area contributed by atoms with Crippen molar-refractivity contribution >= 4 is 46.8 Å². The lowest BCUT2D eigenvalue weighted by atomic mass is 10.0. The summed E-state index contributed by atoms with van der Waals surface area (Å²) in [6.45, 7) is 8.12. The minimum Gasteiger partial charge on any atom is -0.461 e. The quantitative estimate of drug-likeness (QED) is 0.515. The Bertz CT molecular complexity index is 932. The lowest BCUT2D eigenvalue weighted by molar-refractivity contribution is 0.548. The normalized spacial score (nSPS) is 10.7. The van der Waals surface area contributed by atoms with E-state index in [-0.39, 0.29) is 30.4 Å². The maximum Gasteiger partial charge on any atom is 0.336 e. The van der Waals surface area contributed by atoms with Gasteiger partial charge in [-0.25, -0.2) is 4.79 Å². The van der Waals surface area contributed by atoms with Gasteiger partial charge in [-0.1, -0.05) is 0 Å². The molecule has 5 nitrogen and oxygen atoms in total. The molecule has 0 aliphatic carbocycles. The van der Waals surface area contributed by atoms with Crippen LogP contribution in [0.2, 0.25) is 0 Å². The van der Waals surface area contributed by atoms with Crippen LogP contribution in [0, 0.1) is 20.8 Å². The average molecular weight is 387 g/mol. The first-order chi connectivity index (χ1) is 11.0. The van der Waals surface area contributed by atoms with Crippen LogP contribution >= 0.6 is 24.8 Å². The number of benzene rings is 1.